The Morgan fingerprint density at radius 1 is 1.18 bits per heavy atom. The number of thiazole rings is 1. The van der Waals surface area contributed by atoms with Gasteiger partial charge in [0.25, 0.3) is 5.91 Å². The first-order valence-corrected chi connectivity index (χ1v) is 11.8. The van der Waals surface area contributed by atoms with Crippen LogP contribution in [0.1, 0.15) is 60.2 Å². The molecule has 3 aromatic rings. The van der Waals surface area contributed by atoms with Crippen molar-refractivity contribution in [3.8, 4) is 0 Å². The number of aryl methyl sites for hydroxylation is 2. The number of amides is 3. The second-order valence-electron chi connectivity index (χ2n) is 9.41. The molecular weight excluding hydrogens is 438 g/mol. The highest BCUT2D eigenvalue weighted by Gasteiger charge is 2.26. The van der Waals surface area contributed by atoms with Gasteiger partial charge in [-0.2, -0.15) is 5.10 Å². The highest BCUT2D eigenvalue weighted by Crippen LogP contribution is 2.33. The molecule has 4 N–H and O–H groups in total. The number of nitrogens with one attached hydrogen (secondary N) is 2. The van der Waals surface area contributed by atoms with Gasteiger partial charge < -0.3 is 5.73 Å². The van der Waals surface area contributed by atoms with E-state index in [0.29, 0.717) is 23.3 Å². The molecule has 0 atom stereocenters. The number of hydrogen-bond donors (Lipinski definition) is 3. The van der Waals surface area contributed by atoms with Crippen molar-refractivity contribution in [2.24, 2.45) is 11.7 Å². The van der Waals surface area contributed by atoms with Crippen LogP contribution < -0.4 is 16.4 Å². The molecule has 0 aliphatic heterocycles. The number of pyridine rings is 1. The van der Waals surface area contributed by atoms with E-state index in [2.05, 4.69) is 41.4 Å². The summed E-state index contributed by atoms with van der Waals surface area (Å²) in [6, 6.07) is 5.17. The normalized spacial score (nSPS) is 13.7. The number of primary amides is 1. The standard InChI is InChI=1S/C23H29N7O2S/c1-23(2,3)18-11-19(30(29-18)13-15-4-5-15)27-21(32)28-22-26-12-16(33-22)7-6-14-8-9-25-17(10-14)20(24)31/h8-12,15H,4-7,13H2,1-3H3,(H2,24,31)(H2,26,27,28,32). The highest BCUT2D eigenvalue weighted by atomic mass is 32.1. The van der Waals surface area contributed by atoms with E-state index in [0.717, 1.165) is 29.1 Å². The van der Waals surface area contributed by atoms with E-state index < -0.39 is 5.91 Å². The minimum atomic E-state index is -0.541. The molecule has 1 saturated carbocycles. The lowest BCUT2D eigenvalue weighted by Crippen LogP contribution is -2.21. The summed E-state index contributed by atoms with van der Waals surface area (Å²) in [4.78, 5) is 33.2. The van der Waals surface area contributed by atoms with Crippen molar-refractivity contribution in [1.29, 1.82) is 0 Å². The highest BCUT2D eigenvalue weighted by molar-refractivity contribution is 7.15. The van der Waals surface area contributed by atoms with Crippen LogP contribution in [0.2, 0.25) is 0 Å². The molecule has 3 heterocycles. The lowest BCUT2D eigenvalue weighted by molar-refractivity contribution is 0.0995. The van der Waals surface area contributed by atoms with E-state index in [1.54, 1.807) is 18.5 Å². The van der Waals surface area contributed by atoms with E-state index in [4.69, 9.17) is 10.8 Å². The maximum Gasteiger partial charge on any atom is 0.326 e. The van der Waals surface area contributed by atoms with Gasteiger partial charge in [-0.25, -0.2) is 14.5 Å². The van der Waals surface area contributed by atoms with Crippen LogP contribution in [0, 0.1) is 5.92 Å². The second kappa shape index (κ2) is 9.30. The molecule has 4 rings (SSSR count). The molecule has 0 radical (unpaired) electrons. The third kappa shape index (κ3) is 6.16. The zero-order chi connectivity index (χ0) is 23.6. The van der Waals surface area contributed by atoms with Crippen molar-refractivity contribution in [2.75, 3.05) is 10.6 Å². The summed E-state index contributed by atoms with van der Waals surface area (Å²) in [5.74, 6) is 0.798. The molecule has 0 bridgehead atoms. The Morgan fingerprint density at radius 2 is 1.97 bits per heavy atom. The number of carbonyl (C=O) groups is 2. The van der Waals surface area contributed by atoms with E-state index in [1.165, 1.54) is 24.2 Å². The molecule has 3 amide bonds. The maximum atomic E-state index is 12.6. The van der Waals surface area contributed by atoms with Gasteiger partial charge in [0.2, 0.25) is 0 Å². The molecule has 0 unspecified atom stereocenters. The molecular formula is C23H29N7O2S. The van der Waals surface area contributed by atoms with Gasteiger partial charge >= 0.3 is 6.03 Å². The van der Waals surface area contributed by atoms with Crippen molar-refractivity contribution >= 4 is 34.2 Å². The first-order valence-electron chi connectivity index (χ1n) is 11.0. The molecule has 9 nitrogen and oxygen atoms in total. The Bertz CT molecular complexity index is 1160. The summed E-state index contributed by atoms with van der Waals surface area (Å²) in [6.45, 7) is 7.15. The SMILES string of the molecule is CC(C)(C)c1cc(NC(=O)Nc2ncc(CCc3ccnc(C(N)=O)c3)s2)n(CC2CC2)n1. The summed E-state index contributed by atoms with van der Waals surface area (Å²) in [5.41, 5.74) is 7.37. The predicted molar refractivity (Wildman–Crippen MR) is 129 cm³/mol. The van der Waals surface area contributed by atoms with Crippen LogP contribution >= 0.6 is 11.3 Å². The zero-order valence-electron chi connectivity index (χ0n) is 19.1. The van der Waals surface area contributed by atoms with Gasteiger partial charge in [-0.15, -0.1) is 11.3 Å². The average Bonchev–Trinajstić information content (AvgIpc) is 3.31. The molecule has 1 aliphatic rings. The van der Waals surface area contributed by atoms with Crippen molar-refractivity contribution in [3.63, 3.8) is 0 Å². The van der Waals surface area contributed by atoms with Gasteiger partial charge in [0.1, 0.15) is 11.5 Å². The summed E-state index contributed by atoms with van der Waals surface area (Å²) < 4.78 is 1.90. The van der Waals surface area contributed by atoms with Crippen molar-refractivity contribution in [1.82, 2.24) is 19.7 Å². The Kier molecular flexibility index (Phi) is 6.46. The molecule has 3 aromatic heterocycles. The van der Waals surface area contributed by atoms with Gasteiger partial charge in [-0.3, -0.25) is 20.4 Å². The van der Waals surface area contributed by atoms with Crippen LogP contribution in [0.4, 0.5) is 15.7 Å². The van der Waals surface area contributed by atoms with Crippen LogP contribution in [0.5, 0.6) is 0 Å². The van der Waals surface area contributed by atoms with Crippen molar-refractivity contribution in [2.45, 2.75) is 58.4 Å². The smallest absolute Gasteiger partial charge is 0.326 e. The lowest BCUT2D eigenvalue weighted by atomic mass is 9.92. The van der Waals surface area contributed by atoms with Gasteiger partial charge in [-0.05, 0) is 49.3 Å². The quantitative estimate of drug-likeness (QED) is 0.462. The monoisotopic (exact) mass is 467 g/mol. The minimum absolute atomic E-state index is 0.0983. The third-order valence-electron chi connectivity index (χ3n) is 5.43. The Labute approximate surface area is 196 Å². The van der Waals surface area contributed by atoms with E-state index in [9.17, 15) is 9.59 Å². The Hall–Kier alpha value is -3.27. The zero-order valence-corrected chi connectivity index (χ0v) is 19.9. The summed E-state index contributed by atoms with van der Waals surface area (Å²) in [7, 11) is 0. The number of rotatable bonds is 8. The predicted octanol–water partition coefficient (Wildman–Crippen LogP) is 3.97. The number of urea groups is 1. The van der Waals surface area contributed by atoms with Gasteiger partial charge in [-0.1, -0.05) is 20.8 Å². The molecule has 0 spiro atoms. The number of aromatic nitrogens is 4. The fourth-order valence-corrected chi connectivity index (χ4v) is 4.13. The second-order valence-corrected chi connectivity index (χ2v) is 10.5. The van der Waals surface area contributed by atoms with Crippen molar-refractivity contribution < 1.29 is 9.59 Å². The molecule has 10 heteroatoms. The molecule has 1 aliphatic carbocycles. The number of anilines is 2. The van der Waals surface area contributed by atoms with Crippen LogP contribution in [-0.4, -0.2) is 31.7 Å². The molecule has 0 aromatic carbocycles. The minimum Gasteiger partial charge on any atom is -0.364 e. The molecule has 0 saturated heterocycles. The lowest BCUT2D eigenvalue weighted by Gasteiger charge is -2.14. The van der Waals surface area contributed by atoms with Crippen LogP contribution in [0.15, 0.2) is 30.6 Å². The average molecular weight is 468 g/mol. The topological polar surface area (TPSA) is 128 Å². The number of carbonyl (C=O) groups excluding carboxylic acids is 2. The summed E-state index contributed by atoms with van der Waals surface area (Å²) in [5, 5.41) is 11.0. The summed E-state index contributed by atoms with van der Waals surface area (Å²) >= 11 is 1.42. The third-order valence-corrected chi connectivity index (χ3v) is 6.40. The van der Waals surface area contributed by atoms with Crippen LogP contribution in [0.25, 0.3) is 0 Å². The first kappa shape index (κ1) is 22.9. The van der Waals surface area contributed by atoms with Gasteiger partial charge in [0.05, 0.1) is 5.69 Å². The maximum absolute atomic E-state index is 12.6. The molecule has 33 heavy (non-hydrogen) atoms. The van der Waals surface area contributed by atoms with Crippen molar-refractivity contribution in [3.05, 3.63) is 52.4 Å². The molecule has 1 fully saturated rings. The first-order chi connectivity index (χ1) is 15.7. The fourth-order valence-electron chi connectivity index (χ4n) is 3.33. The number of hydrogen-bond acceptors (Lipinski definition) is 6. The van der Waals surface area contributed by atoms with Gasteiger partial charge in [0, 0.05) is 35.3 Å². The van der Waals surface area contributed by atoms with Crippen LogP contribution in [-0.2, 0) is 24.8 Å². The van der Waals surface area contributed by atoms with E-state index in [-0.39, 0.29) is 17.1 Å². The number of nitrogens with zero attached hydrogens (tertiary/aromatic N) is 4. The molecule has 174 valence electrons. The van der Waals surface area contributed by atoms with Crippen LogP contribution in [0.3, 0.4) is 0 Å². The van der Waals surface area contributed by atoms with E-state index >= 15 is 0 Å². The largest absolute Gasteiger partial charge is 0.364 e. The van der Waals surface area contributed by atoms with Gasteiger partial charge in [0.15, 0.2) is 5.13 Å². The fraction of sp³-hybridized carbons (Fsp3) is 0.435. The Balaban J connectivity index is 1.35. The number of nitrogens with two attached hydrogens (primary N) is 1. The summed E-state index contributed by atoms with van der Waals surface area (Å²) in [6.07, 6.45) is 7.20. The Morgan fingerprint density at radius 3 is 2.67 bits per heavy atom. The van der Waals surface area contributed by atoms with E-state index in [1.807, 2.05) is 16.8 Å².